The third-order valence-electron chi connectivity index (χ3n) is 3.98. The topological polar surface area (TPSA) is 60.9 Å². The van der Waals surface area contributed by atoms with Crippen LogP contribution in [0, 0.1) is 11.7 Å². The maximum atomic E-state index is 13.3. The van der Waals surface area contributed by atoms with Crippen LogP contribution in [0.3, 0.4) is 0 Å². The molecular formula is C15H19FN2O3. The second-order valence-corrected chi connectivity index (χ2v) is 5.17. The highest BCUT2D eigenvalue weighted by Crippen LogP contribution is 2.27. The summed E-state index contributed by atoms with van der Waals surface area (Å²) in [6.45, 7) is 4.34. The summed E-state index contributed by atoms with van der Waals surface area (Å²) in [7, 11) is 0. The normalized spacial score (nSPS) is 21.4. The number of carboxylic acid groups (broad SMARTS) is 1. The number of urea groups is 1. The number of aliphatic carboxylic acids is 1. The zero-order valence-corrected chi connectivity index (χ0v) is 12.1. The fourth-order valence-corrected chi connectivity index (χ4v) is 2.77. The van der Waals surface area contributed by atoms with Crippen molar-refractivity contribution >= 4 is 17.7 Å². The lowest BCUT2D eigenvalue weighted by atomic mass is 10.0. The number of carbonyl (C=O) groups is 2. The van der Waals surface area contributed by atoms with Crippen LogP contribution in [0.1, 0.15) is 20.3 Å². The summed E-state index contributed by atoms with van der Waals surface area (Å²) in [5, 5.41) is 9.13. The molecule has 1 aromatic rings. The average molecular weight is 294 g/mol. The number of hydrogen-bond donors (Lipinski definition) is 1. The van der Waals surface area contributed by atoms with Gasteiger partial charge in [0.2, 0.25) is 0 Å². The van der Waals surface area contributed by atoms with Crippen molar-refractivity contribution in [1.29, 1.82) is 0 Å². The number of likely N-dealkylation sites (tertiary alicyclic amines) is 1. The van der Waals surface area contributed by atoms with E-state index in [0.717, 1.165) is 0 Å². The van der Waals surface area contributed by atoms with E-state index in [4.69, 9.17) is 5.11 Å². The van der Waals surface area contributed by atoms with Gasteiger partial charge in [0, 0.05) is 24.8 Å². The van der Waals surface area contributed by atoms with Crippen molar-refractivity contribution in [3.8, 4) is 0 Å². The Morgan fingerprint density at radius 1 is 1.48 bits per heavy atom. The molecule has 0 aliphatic carbocycles. The maximum Gasteiger partial charge on any atom is 0.324 e. The molecule has 1 N–H and O–H groups in total. The second-order valence-electron chi connectivity index (χ2n) is 5.17. The van der Waals surface area contributed by atoms with Gasteiger partial charge in [-0.15, -0.1) is 0 Å². The second kappa shape index (κ2) is 6.11. The number of benzene rings is 1. The molecule has 2 unspecified atom stereocenters. The number of nitrogens with zero attached hydrogens (tertiary/aromatic N) is 2. The first-order valence-electron chi connectivity index (χ1n) is 7.02. The lowest BCUT2D eigenvalue weighted by Crippen LogP contribution is -2.46. The summed E-state index contributed by atoms with van der Waals surface area (Å²) < 4.78 is 13.3. The minimum Gasteiger partial charge on any atom is -0.481 e. The first-order valence-corrected chi connectivity index (χ1v) is 7.02. The van der Waals surface area contributed by atoms with Gasteiger partial charge in [0.1, 0.15) is 5.82 Å². The van der Waals surface area contributed by atoms with Gasteiger partial charge in [0.15, 0.2) is 0 Å². The van der Waals surface area contributed by atoms with Gasteiger partial charge in [-0.25, -0.2) is 9.18 Å². The smallest absolute Gasteiger partial charge is 0.324 e. The van der Waals surface area contributed by atoms with E-state index in [9.17, 15) is 14.0 Å². The van der Waals surface area contributed by atoms with Crippen molar-refractivity contribution in [2.75, 3.05) is 18.0 Å². The van der Waals surface area contributed by atoms with Gasteiger partial charge in [-0.2, -0.15) is 0 Å². The Kier molecular flexibility index (Phi) is 4.45. The van der Waals surface area contributed by atoms with Crippen LogP contribution >= 0.6 is 0 Å². The van der Waals surface area contributed by atoms with Gasteiger partial charge in [-0.05, 0) is 38.5 Å². The summed E-state index contributed by atoms with van der Waals surface area (Å²) in [5.41, 5.74) is 0.480. The standard InChI is InChI=1S/C15H19FN2O3/c1-3-17(12-6-4-5-11(16)9-12)15(21)18-8-7-13(10(18)2)14(19)20/h4-6,9-10,13H,3,7-8H2,1-2H3,(H,19,20). The highest BCUT2D eigenvalue weighted by Gasteiger charge is 2.39. The van der Waals surface area contributed by atoms with Crippen molar-refractivity contribution < 1.29 is 19.1 Å². The molecular weight excluding hydrogens is 275 g/mol. The van der Waals surface area contributed by atoms with Gasteiger partial charge < -0.3 is 10.0 Å². The van der Waals surface area contributed by atoms with E-state index in [1.54, 1.807) is 30.9 Å². The molecule has 0 radical (unpaired) electrons. The highest BCUT2D eigenvalue weighted by molar-refractivity contribution is 5.92. The third-order valence-corrected chi connectivity index (χ3v) is 3.98. The summed E-state index contributed by atoms with van der Waals surface area (Å²) >= 11 is 0. The number of carboxylic acids is 1. The summed E-state index contributed by atoms with van der Waals surface area (Å²) in [6.07, 6.45) is 0.447. The van der Waals surface area contributed by atoms with Crippen LogP contribution in [-0.4, -0.2) is 41.1 Å². The number of rotatable bonds is 3. The first-order chi connectivity index (χ1) is 9.95. The van der Waals surface area contributed by atoms with Crippen molar-refractivity contribution in [2.45, 2.75) is 26.3 Å². The SMILES string of the molecule is CCN(C(=O)N1CCC(C(=O)O)C1C)c1cccc(F)c1. The van der Waals surface area contributed by atoms with Crippen LogP contribution in [0.5, 0.6) is 0 Å². The van der Waals surface area contributed by atoms with Gasteiger partial charge in [0.25, 0.3) is 0 Å². The molecule has 0 aromatic heterocycles. The van der Waals surface area contributed by atoms with Crippen molar-refractivity contribution in [1.82, 2.24) is 4.90 Å². The predicted octanol–water partition coefficient (Wildman–Crippen LogP) is 2.57. The molecule has 6 heteroatoms. The zero-order chi connectivity index (χ0) is 15.6. The molecule has 0 bridgehead atoms. The molecule has 1 fully saturated rings. The van der Waals surface area contributed by atoms with Crippen LogP contribution < -0.4 is 4.90 Å². The van der Waals surface area contributed by atoms with Crippen molar-refractivity contribution in [3.05, 3.63) is 30.1 Å². The van der Waals surface area contributed by atoms with E-state index in [1.807, 2.05) is 0 Å². The molecule has 0 spiro atoms. The minimum absolute atomic E-state index is 0.278. The Balaban J connectivity index is 2.20. The maximum absolute atomic E-state index is 13.3. The Hall–Kier alpha value is -2.11. The van der Waals surface area contributed by atoms with Crippen molar-refractivity contribution in [2.24, 2.45) is 5.92 Å². The number of hydrogen-bond acceptors (Lipinski definition) is 2. The molecule has 1 aliphatic rings. The van der Waals surface area contributed by atoms with E-state index < -0.39 is 17.7 Å². The van der Waals surface area contributed by atoms with E-state index in [0.29, 0.717) is 25.2 Å². The number of carbonyl (C=O) groups excluding carboxylic acids is 1. The van der Waals surface area contributed by atoms with Crippen LogP contribution in [-0.2, 0) is 4.79 Å². The number of anilines is 1. The monoisotopic (exact) mass is 294 g/mol. The lowest BCUT2D eigenvalue weighted by Gasteiger charge is -2.30. The molecule has 2 rings (SSSR count). The Morgan fingerprint density at radius 2 is 2.19 bits per heavy atom. The average Bonchev–Trinajstić information content (AvgIpc) is 2.81. The number of amides is 2. The highest BCUT2D eigenvalue weighted by atomic mass is 19.1. The molecule has 0 saturated carbocycles. The molecule has 1 saturated heterocycles. The molecule has 1 heterocycles. The van der Waals surface area contributed by atoms with Gasteiger partial charge >= 0.3 is 12.0 Å². The molecule has 2 atom stereocenters. The Labute approximate surface area is 123 Å². The summed E-state index contributed by atoms with van der Waals surface area (Å²) in [5.74, 6) is -1.83. The van der Waals surface area contributed by atoms with Crippen LogP contribution in [0.25, 0.3) is 0 Å². The first kappa shape index (κ1) is 15.3. The summed E-state index contributed by atoms with van der Waals surface area (Å²) in [4.78, 5) is 26.7. The van der Waals surface area contributed by atoms with E-state index in [2.05, 4.69) is 0 Å². The Morgan fingerprint density at radius 3 is 2.71 bits per heavy atom. The van der Waals surface area contributed by atoms with E-state index in [1.165, 1.54) is 17.0 Å². The van der Waals surface area contributed by atoms with Crippen molar-refractivity contribution in [3.63, 3.8) is 0 Å². The summed E-state index contributed by atoms with van der Waals surface area (Å²) in [6, 6.07) is 5.20. The Bertz CT molecular complexity index is 549. The third kappa shape index (κ3) is 2.99. The van der Waals surface area contributed by atoms with Crippen LogP contribution in [0.4, 0.5) is 14.9 Å². The molecule has 1 aromatic carbocycles. The molecule has 5 nitrogen and oxygen atoms in total. The molecule has 2 amide bonds. The zero-order valence-electron chi connectivity index (χ0n) is 12.1. The molecule has 21 heavy (non-hydrogen) atoms. The van der Waals surface area contributed by atoms with Crippen LogP contribution in [0.15, 0.2) is 24.3 Å². The fraction of sp³-hybridized carbons (Fsp3) is 0.467. The lowest BCUT2D eigenvalue weighted by molar-refractivity contribution is -0.142. The van der Waals surface area contributed by atoms with Gasteiger partial charge in [-0.3, -0.25) is 9.69 Å². The van der Waals surface area contributed by atoms with Gasteiger partial charge in [0.05, 0.1) is 5.92 Å². The van der Waals surface area contributed by atoms with E-state index in [-0.39, 0.29) is 12.1 Å². The largest absolute Gasteiger partial charge is 0.481 e. The molecule has 114 valence electrons. The van der Waals surface area contributed by atoms with Gasteiger partial charge in [-0.1, -0.05) is 6.07 Å². The quantitative estimate of drug-likeness (QED) is 0.932. The van der Waals surface area contributed by atoms with Crippen LogP contribution in [0.2, 0.25) is 0 Å². The molecule has 1 aliphatic heterocycles. The minimum atomic E-state index is -0.883. The van der Waals surface area contributed by atoms with E-state index >= 15 is 0 Å². The number of halogens is 1. The predicted molar refractivity (Wildman–Crippen MR) is 76.7 cm³/mol. The fourth-order valence-electron chi connectivity index (χ4n) is 2.77.